The van der Waals surface area contributed by atoms with Crippen LogP contribution in [-0.2, 0) is 0 Å². The Morgan fingerprint density at radius 3 is 1.82 bits per heavy atom. The van der Waals surface area contributed by atoms with Gasteiger partial charge in [-0.2, -0.15) is 0 Å². The molecule has 0 aliphatic heterocycles. The van der Waals surface area contributed by atoms with Gasteiger partial charge < -0.3 is 4.42 Å². The Morgan fingerprint density at radius 1 is 0.377 bits per heavy atom. The molecule has 2 aromatic heterocycles. The summed E-state index contributed by atoms with van der Waals surface area (Å²) in [5.74, 6) is 2.06. The second kappa shape index (κ2) is 14.4. The van der Waals surface area contributed by atoms with Crippen LogP contribution in [-0.4, -0.2) is 15.0 Å². The summed E-state index contributed by atoms with van der Waals surface area (Å²) in [6.45, 7) is 0. The highest BCUT2D eigenvalue weighted by molar-refractivity contribution is 6.14. The van der Waals surface area contributed by atoms with E-state index in [1.54, 1.807) is 0 Å². The molecule has 0 saturated carbocycles. The first-order chi connectivity index (χ1) is 30.2. The molecule has 4 nitrogen and oxygen atoms in total. The lowest BCUT2D eigenvalue weighted by atomic mass is 9.95. The number of furan rings is 1. The average Bonchev–Trinajstić information content (AvgIpc) is 3.72. The zero-order chi connectivity index (χ0) is 40.3. The predicted octanol–water partition coefficient (Wildman–Crippen LogP) is 15.3. The van der Waals surface area contributed by atoms with Gasteiger partial charge in [0.15, 0.2) is 17.5 Å². The van der Waals surface area contributed by atoms with Crippen LogP contribution in [0.4, 0.5) is 0 Å². The number of nitrogens with zero attached hydrogens (tertiary/aromatic N) is 3. The molecule has 0 radical (unpaired) electrons. The molecule has 2 heterocycles. The number of hydrogen-bond donors (Lipinski definition) is 0. The monoisotopic (exact) mass is 779 g/mol. The lowest BCUT2D eigenvalue weighted by Gasteiger charge is -2.13. The van der Waals surface area contributed by atoms with E-state index in [-0.39, 0.29) is 0 Å². The summed E-state index contributed by atoms with van der Waals surface area (Å²) >= 11 is 0. The normalized spacial score (nSPS) is 12.8. The SMILES string of the molecule is C1=CCCC(c2nc(-c3ccc4ccc(-c5cccc6oc7ccc(-c8ccc(-c9ccccc9)cc8)cc7c56)cc4c3)nc(-c3ccc4c(ccc5ccccc54)c3)n2)=C1. The van der Waals surface area contributed by atoms with Gasteiger partial charge in [0.2, 0.25) is 0 Å². The van der Waals surface area contributed by atoms with Crippen LogP contribution < -0.4 is 0 Å². The zero-order valence-corrected chi connectivity index (χ0v) is 33.2. The molecule has 1 aliphatic carbocycles. The smallest absolute Gasteiger partial charge is 0.164 e. The maximum absolute atomic E-state index is 6.47. The van der Waals surface area contributed by atoms with Gasteiger partial charge in [0.25, 0.3) is 0 Å². The first-order valence-electron chi connectivity index (χ1n) is 20.9. The van der Waals surface area contributed by atoms with Crippen LogP contribution in [0.1, 0.15) is 18.7 Å². The maximum atomic E-state index is 6.47. The molecule has 61 heavy (non-hydrogen) atoms. The highest BCUT2D eigenvalue weighted by atomic mass is 16.3. The van der Waals surface area contributed by atoms with Gasteiger partial charge in [0.05, 0.1) is 0 Å². The molecule has 0 unspecified atom stereocenters. The summed E-state index contributed by atoms with van der Waals surface area (Å²) in [7, 11) is 0. The van der Waals surface area contributed by atoms with Crippen molar-refractivity contribution in [2.45, 2.75) is 12.8 Å². The summed E-state index contributed by atoms with van der Waals surface area (Å²) in [4.78, 5) is 15.4. The Labute approximate surface area is 352 Å². The number of aromatic nitrogens is 3. The number of benzene rings is 9. The van der Waals surface area contributed by atoms with Crippen molar-refractivity contribution in [3.05, 3.63) is 206 Å². The molecule has 12 rings (SSSR count). The highest BCUT2D eigenvalue weighted by Crippen LogP contribution is 2.40. The summed E-state index contributed by atoms with van der Waals surface area (Å²) in [5.41, 5.74) is 11.8. The molecule has 0 fully saturated rings. The van der Waals surface area contributed by atoms with E-state index < -0.39 is 0 Å². The molecular weight excluding hydrogens is 743 g/mol. The van der Waals surface area contributed by atoms with E-state index in [1.807, 2.05) is 0 Å². The quantitative estimate of drug-likeness (QED) is 0.158. The van der Waals surface area contributed by atoms with Crippen molar-refractivity contribution in [3.8, 4) is 56.2 Å². The van der Waals surface area contributed by atoms with Gasteiger partial charge >= 0.3 is 0 Å². The van der Waals surface area contributed by atoms with Crippen molar-refractivity contribution in [2.75, 3.05) is 0 Å². The van der Waals surface area contributed by atoms with Gasteiger partial charge in [-0.1, -0.05) is 164 Å². The molecular formula is C57H37N3O. The Bertz CT molecular complexity index is 3580. The average molecular weight is 780 g/mol. The fraction of sp³-hybridized carbons (Fsp3) is 0.0351. The molecule has 0 amide bonds. The Balaban J connectivity index is 0.946. The van der Waals surface area contributed by atoms with Crippen molar-refractivity contribution in [2.24, 2.45) is 0 Å². The van der Waals surface area contributed by atoms with Gasteiger partial charge in [-0.05, 0) is 121 Å². The minimum Gasteiger partial charge on any atom is -0.456 e. The standard InChI is InChI=1S/C57H37N3O/c1-3-10-36(11-4-1)37-18-20-38(21-19-37)42-29-31-52-51(35-42)54-50(16-9-17-53(54)61-52)44-25-22-39-23-27-45(34-47(39)33-44)56-58-55(41-13-5-2-6-14-41)59-57(60-56)46-28-30-49-43(32-46)26-24-40-12-7-8-15-48(40)49/h1-5,7-13,15-35H,6,14H2. The van der Waals surface area contributed by atoms with Crippen molar-refractivity contribution in [1.29, 1.82) is 0 Å². The highest BCUT2D eigenvalue weighted by Gasteiger charge is 2.17. The second-order valence-electron chi connectivity index (χ2n) is 15.9. The Hall–Kier alpha value is -7.95. The maximum Gasteiger partial charge on any atom is 0.164 e. The third-order valence-corrected chi connectivity index (χ3v) is 12.2. The van der Waals surface area contributed by atoms with E-state index in [0.717, 1.165) is 90.2 Å². The molecule has 0 atom stereocenters. The largest absolute Gasteiger partial charge is 0.456 e. The third kappa shape index (κ3) is 6.28. The molecule has 286 valence electrons. The lowest BCUT2D eigenvalue weighted by Crippen LogP contribution is -2.03. The number of allylic oxidation sites excluding steroid dienone is 4. The van der Waals surface area contributed by atoms with Gasteiger partial charge in [0, 0.05) is 21.9 Å². The van der Waals surface area contributed by atoms with E-state index in [4.69, 9.17) is 19.4 Å². The third-order valence-electron chi connectivity index (χ3n) is 12.2. The van der Waals surface area contributed by atoms with Crippen LogP contribution >= 0.6 is 0 Å². The Morgan fingerprint density at radius 2 is 1.00 bits per heavy atom. The second-order valence-corrected chi connectivity index (χ2v) is 15.9. The predicted molar refractivity (Wildman–Crippen MR) is 253 cm³/mol. The van der Waals surface area contributed by atoms with Gasteiger partial charge in [0.1, 0.15) is 11.2 Å². The van der Waals surface area contributed by atoms with E-state index in [1.165, 1.54) is 32.8 Å². The summed E-state index contributed by atoms with van der Waals surface area (Å²) in [6.07, 6.45) is 8.29. The van der Waals surface area contributed by atoms with Crippen molar-refractivity contribution in [1.82, 2.24) is 15.0 Å². The van der Waals surface area contributed by atoms with Crippen LogP contribution in [0.15, 0.2) is 205 Å². The van der Waals surface area contributed by atoms with Gasteiger partial charge in [-0.15, -0.1) is 0 Å². The fourth-order valence-corrected chi connectivity index (χ4v) is 9.00. The molecule has 0 N–H and O–H groups in total. The van der Waals surface area contributed by atoms with Gasteiger partial charge in [-0.25, -0.2) is 15.0 Å². The van der Waals surface area contributed by atoms with E-state index in [9.17, 15) is 0 Å². The van der Waals surface area contributed by atoms with E-state index in [2.05, 4.69) is 200 Å². The zero-order valence-electron chi connectivity index (χ0n) is 33.2. The van der Waals surface area contributed by atoms with Crippen molar-refractivity contribution >= 4 is 59.8 Å². The molecule has 0 bridgehead atoms. The molecule has 1 aliphatic rings. The molecule has 11 aromatic rings. The van der Waals surface area contributed by atoms with Crippen molar-refractivity contribution < 1.29 is 4.42 Å². The topological polar surface area (TPSA) is 51.8 Å². The van der Waals surface area contributed by atoms with E-state index in [0.29, 0.717) is 11.6 Å². The Kier molecular flexibility index (Phi) is 8.27. The van der Waals surface area contributed by atoms with Crippen LogP contribution in [0, 0.1) is 0 Å². The summed E-state index contributed by atoms with van der Waals surface area (Å²) in [5, 5.41) is 9.32. The molecule has 0 spiro atoms. The van der Waals surface area contributed by atoms with Gasteiger partial charge in [-0.3, -0.25) is 0 Å². The first-order valence-corrected chi connectivity index (χ1v) is 20.9. The fourth-order valence-electron chi connectivity index (χ4n) is 9.00. The van der Waals surface area contributed by atoms with Crippen LogP contribution in [0.3, 0.4) is 0 Å². The molecule has 4 heteroatoms. The molecule has 9 aromatic carbocycles. The van der Waals surface area contributed by atoms with Crippen LogP contribution in [0.25, 0.3) is 116 Å². The first kappa shape index (κ1) is 35.0. The minimum absolute atomic E-state index is 0.661. The summed E-state index contributed by atoms with van der Waals surface area (Å²) in [6, 6.07) is 64.9. The number of rotatable bonds is 6. The minimum atomic E-state index is 0.661. The van der Waals surface area contributed by atoms with E-state index >= 15 is 0 Å². The number of fused-ring (bicyclic) bond motifs is 7. The number of hydrogen-bond acceptors (Lipinski definition) is 4. The summed E-state index contributed by atoms with van der Waals surface area (Å²) < 4.78 is 6.47. The molecule has 0 saturated heterocycles. The van der Waals surface area contributed by atoms with Crippen LogP contribution in [0.5, 0.6) is 0 Å². The lowest BCUT2D eigenvalue weighted by molar-refractivity contribution is 0.669. The van der Waals surface area contributed by atoms with Crippen LogP contribution in [0.2, 0.25) is 0 Å². The van der Waals surface area contributed by atoms with Crippen molar-refractivity contribution in [3.63, 3.8) is 0 Å².